The summed E-state index contributed by atoms with van der Waals surface area (Å²) in [5, 5.41) is 10.7. The van der Waals surface area contributed by atoms with Crippen LogP contribution < -0.4 is 10.1 Å². The first-order chi connectivity index (χ1) is 12.5. The Balaban J connectivity index is 1.66. The van der Waals surface area contributed by atoms with Gasteiger partial charge in [-0.25, -0.2) is 4.98 Å². The van der Waals surface area contributed by atoms with E-state index in [1.165, 1.54) is 0 Å². The van der Waals surface area contributed by atoms with Crippen molar-refractivity contribution in [3.8, 4) is 11.6 Å². The van der Waals surface area contributed by atoms with Crippen LogP contribution in [0.2, 0.25) is 0 Å². The molecule has 2 heterocycles. The minimum absolute atomic E-state index is 0.245. The van der Waals surface area contributed by atoms with Crippen LogP contribution in [0.5, 0.6) is 11.6 Å². The second-order valence-corrected chi connectivity index (χ2v) is 6.20. The summed E-state index contributed by atoms with van der Waals surface area (Å²) in [6.07, 6.45) is 0. The highest BCUT2D eigenvalue weighted by molar-refractivity contribution is 6.02. The molecule has 3 rings (SSSR count). The third-order valence-electron chi connectivity index (χ3n) is 3.70. The zero-order chi connectivity index (χ0) is 18.5. The fourth-order valence-corrected chi connectivity index (χ4v) is 2.26. The number of hydrogen-bond donors (Lipinski definition) is 1. The fourth-order valence-electron chi connectivity index (χ4n) is 2.26. The number of nitrogens with zero attached hydrogens (tertiary/aromatic N) is 3. The maximum Gasteiger partial charge on any atom is 0.274 e. The number of aromatic nitrogens is 3. The quantitative estimate of drug-likeness (QED) is 0.742. The number of nitrogens with one attached hydrogen (secondary N) is 1. The normalized spacial score (nSPS) is 10.6. The highest BCUT2D eigenvalue weighted by Crippen LogP contribution is 2.21. The number of pyridine rings is 1. The van der Waals surface area contributed by atoms with Gasteiger partial charge < -0.3 is 10.1 Å². The van der Waals surface area contributed by atoms with Gasteiger partial charge in [0.15, 0.2) is 0 Å². The van der Waals surface area contributed by atoms with Crippen molar-refractivity contribution >= 4 is 11.6 Å². The predicted octanol–water partition coefficient (Wildman–Crippen LogP) is 4.35. The second kappa shape index (κ2) is 7.74. The van der Waals surface area contributed by atoms with Gasteiger partial charge in [0.2, 0.25) is 5.88 Å². The molecule has 1 amide bonds. The molecular weight excluding hydrogens is 328 g/mol. The summed E-state index contributed by atoms with van der Waals surface area (Å²) in [5.41, 5.74) is 2.77. The Morgan fingerprint density at radius 1 is 1.00 bits per heavy atom. The van der Waals surface area contributed by atoms with Crippen LogP contribution in [0, 0.1) is 6.92 Å². The third-order valence-corrected chi connectivity index (χ3v) is 3.70. The molecule has 0 saturated heterocycles. The molecule has 1 aromatic carbocycles. The number of ether oxygens (including phenoxy) is 1. The molecule has 2 aromatic heterocycles. The zero-order valence-corrected chi connectivity index (χ0v) is 14.9. The molecule has 0 atom stereocenters. The Bertz CT molecular complexity index is 890. The number of amides is 1. The van der Waals surface area contributed by atoms with Gasteiger partial charge in [-0.1, -0.05) is 19.9 Å². The topological polar surface area (TPSA) is 77.0 Å². The summed E-state index contributed by atoms with van der Waals surface area (Å²) >= 11 is 0. The summed E-state index contributed by atoms with van der Waals surface area (Å²) in [4.78, 5) is 16.8. The van der Waals surface area contributed by atoms with Crippen LogP contribution in [0.1, 0.15) is 41.6 Å². The van der Waals surface area contributed by atoms with E-state index < -0.39 is 0 Å². The predicted molar refractivity (Wildman–Crippen MR) is 99.6 cm³/mol. The van der Waals surface area contributed by atoms with Crippen LogP contribution in [0.15, 0.2) is 54.6 Å². The van der Waals surface area contributed by atoms with E-state index in [2.05, 4.69) is 20.5 Å². The molecule has 0 fully saturated rings. The van der Waals surface area contributed by atoms with Crippen LogP contribution in [-0.4, -0.2) is 21.1 Å². The molecule has 0 bridgehead atoms. The number of benzene rings is 1. The number of carbonyl (C=O) groups excluding carboxylic acids is 1. The molecule has 26 heavy (non-hydrogen) atoms. The summed E-state index contributed by atoms with van der Waals surface area (Å²) < 4.78 is 5.62. The van der Waals surface area contributed by atoms with E-state index in [-0.39, 0.29) is 11.8 Å². The molecule has 3 aromatic rings. The summed E-state index contributed by atoms with van der Waals surface area (Å²) in [6.45, 7) is 5.95. The van der Waals surface area contributed by atoms with E-state index in [1.54, 1.807) is 36.4 Å². The maximum absolute atomic E-state index is 12.4. The molecule has 1 N–H and O–H groups in total. The van der Waals surface area contributed by atoms with E-state index in [0.29, 0.717) is 23.0 Å². The van der Waals surface area contributed by atoms with Crippen molar-refractivity contribution in [2.24, 2.45) is 0 Å². The van der Waals surface area contributed by atoms with Crippen LogP contribution in [-0.2, 0) is 0 Å². The van der Waals surface area contributed by atoms with Crippen LogP contribution in [0.4, 0.5) is 5.69 Å². The summed E-state index contributed by atoms with van der Waals surface area (Å²) in [7, 11) is 0. The zero-order valence-electron chi connectivity index (χ0n) is 14.9. The van der Waals surface area contributed by atoms with Gasteiger partial charge in [-0.05, 0) is 55.3 Å². The molecule has 0 spiro atoms. The highest BCUT2D eigenvalue weighted by atomic mass is 16.5. The van der Waals surface area contributed by atoms with Crippen molar-refractivity contribution < 1.29 is 9.53 Å². The molecule has 0 radical (unpaired) electrons. The van der Waals surface area contributed by atoms with Gasteiger partial charge in [0.25, 0.3) is 5.91 Å². The van der Waals surface area contributed by atoms with Gasteiger partial charge in [0.1, 0.15) is 11.4 Å². The van der Waals surface area contributed by atoms with Crippen LogP contribution in [0.25, 0.3) is 0 Å². The lowest BCUT2D eigenvalue weighted by Gasteiger charge is -2.09. The van der Waals surface area contributed by atoms with Gasteiger partial charge in [0.05, 0.1) is 5.69 Å². The Hall–Kier alpha value is -3.28. The van der Waals surface area contributed by atoms with Crippen LogP contribution >= 0.6 is 0 Å². The van der Waals surface area contributed by atoms with Crippen molar-refractivity contribution in [3.05, 3.63) is 71.7 Å². The Kier molecular flexibility index (Phi) is 5.22. The highest BCUT2D eigenvalue weighted by Gasteiger charge is 2.10. The van der Waals surface area contributed by atoms with E-state index in [0.717, 1.165) is 11.4 Å². The molecule has 0 unspecified atom stereocenters. The van der Waals surface area contributed by atoms with E-state index in [9.17, 15) is 4.79 Å². The lowest BCUT2D eigenvalue weighted by molar-refractivity contribution is 0.102. The smallest absolute Gasteiger partial charge is 0.274 e. The number of carbonyl (C=O) groups is 1. The fraction of sp³-hybridized carbons (Fsp3) is 0.200. The molecule has 6 nitrogen and oxygen atoms in total. The van der Waals surface area contributed by atoms with E-state index >= 15 is 0 Å². The number of anilines is 1. The van der Waals surface area contributed by atoms with Crippen LogP contribution in [0.3, 0.4) is 0 Å². The molecule has 6 heteroatoms. The minimum atomic E-state index is -0.245. The molecule has 0 aliphatic carbocycles. The van der Waals surface area contributed by atoms with Gasteiger partial charge in [-0.3, -0.25) is 4.79 Å². The first kappa shape index (κ1) is 17.5. The molecule has 132 valence electrons. The molecule has 0 saturated carbocycles. The van der Waals surface area contributed by atoms with Gasteiger partial charge in [-0.2, -0.15) is 5.10 Å². The second-order valence-electron chi connectivity index (χ2n) is 6.20. The van der Waals surface area contributed by atoms with Crippen molar-refractivity contribution in [3.63, 3.8) is 0 Å². The van der Waals surface area contributed by atoms with Gasteiger partial charge in [-0.15, -0.1) is 5.10 Å². The minimum Gasteiger partial charge on any atom is -0.438 e. The van der Waals surface area contributed by atoms with E-state index in [4.69, 9.17) is 4.74 Å². The summed E-state index contributed by atoms with van der Waals surface area (Å²) in [5.74, 6) is 1.05. The molecular formula is C20H20N4O2. The van der Waals surface area contributed by atoms with Crippen molar-refractivity contribution in [1.29, 1.82) is 0 Å². The number of rotatable bonds is 5. The lowest BCUT2D eigenvalue weighted by Crippen LogP contribution is -2.14. The van der Waals surface area contributed by atoms with Gasteiger partial charge in [0, 0.05) is 17.4 Å². The SMILES string of the molecule is Cc1ccc(Oc2ccc(NC(=O)c3cccc(C(C)C)n3)cc2)nn1. The van der Waals surface area contributed by atoms with Crippen molar-refractivity contribution in [2.75, 3.05) is 5.32 Å². The molecule has 0 aliphatic rings. The van der Waals surface area contributed by atoms with Crippen molar-refractivity contribution in [1.82, 2.24) is 15.2 Å². The Labute approximate surface area is 152 Å². The monoisotopic (exact) mass is 348 g/mol. The largest absolute Gasteiger partial charge is 0.438 e. The number of hydrogen-bond acceptors (Lipinski definition) is 5. The summed E-state index contributed by atoms with van der Waals surface area (Å²) in [6, 6.07) is 16.1. The van der Waals surface area contributed by atoms with E-state index in [1.807, 2.05) is 39.0 Å². The Morgan fingerprint density at radius 3 is 2.42 bits per heavy atom. The average Bonchev–Trinajstić information content (AvgIpc) is 2.65. The first-order valence-electron chi connectivity index (χ1n) is 8.38. The standard InChI is InChI=1S/C20H20N4O2/c1-13(2)17-5-4-6-18(22-17)20(25)21-15-8-10-16(11-9-15)26-19-12-7-14(3)23-24-19/h4-13H,1-3H3,(H,21,25). The molecule has 0 aliphatic heterocycles. The number of aryl methyl sites for hydroxylation is 1. The maximum atomic E-state index is 12.4. The third kappa shape index (κ3) is 4.42. The van der Waals surface area contributed by atoms with Crippen molar-refractivity contribution in [2.45, 2.75) is 26.7 Å². The Morgan fingerprint density at radius 2 is 1.77 bits per heavy atom. The van der Waals surface area contributed by atoms with Gasteiger partial charge >= 0.3 is 0 Å². The first-order valence-corrected chi connectivity index (χ1v) is 8.38. The average molecular weight is 348 g/mol. The lowest BCUT2D eigenvalue weighted by atomic mass is 10.1.